The SMILES string of the molecule is CC[C@@]1(O)CC[C@H]2[C@H](CC[C@@H]3[C@@H]2CC[C@]2(C)[C@@H](C(=O)CN/N=C4/C=CC(F)=CC4=N)CC[C@@H]32)C1. The van der Waals surface area contributed by atoms with Gasteiger partial charge in [0.1, 0.15) is 11.5 Å². The molecule has 0 saturated heterocycles. The van der Waals surface area contributed by atoms with Crippen LogP contribution in [-0.4, -0.2) is 34.5 Å². The molecule has 5 nitrogen and oxygen atoms in total. The number of ketones is 1. The third kappa shape index (κ3) is 4.10. The van der Waals surface area contributed by atoms with E-state index in [1.807, 2.05) is 0 Å². The minimum absolute atomic E-state index is 0.0156. The van der Waals surface area contributed by atoms with E-state index in [4.69, 9.17) is 5.41 Å². The number of nitrogens with one attached hydrogen (secondary N) is 2. The number of allylic oxidation sites excluding steroid dienone is 4. The Hall–Kier alpha value is -1.82. The fourth-order valence-corrected chi connectivity index (χ4v) is 8.74. The lowest BCUT2D eigenvalue weighted by Crippen LogP contribution is -2.51. The van der Waals surface area contributed by atoms with Gasteiger partial charge in [-0.2, -0.15) is 5.10 Å². The molecule has 0 amide bonds. The van der Waals surface area contributed by atoms with Gasteiger partial charge in [-0.3, -0.25) is 10.2 Å². The summed E-state index contributed by atoms with van der Waals surface area (Å²) >= 11 is 0. The molecule has 0 aromatic rings. The maximum absolute atomic E-state index is 13.3. The van der Waals surface area contributed by atoms with Crippen LogP contribution >= 0.6 is 0 Å². The average Bonchev–Trinajstić information content (AvgIpc) is 3.17. The van der Waals surface area contributed by atoms with Crippen molar-refractivity contribution >= 4 is 17.2 Å². The molecule has 5 rings (SSSR count). The number of hydrogen-bond donors (Lipinski definition) is 3. The predicted molar refractivity (Wildman–Crippen MR) is 132 cm³/mol. The van der Waals surface area contributed by atoms with E-state index >= 15 is 0 Å². The minimum Gasteiger partial charge on any atom is -0.390 e. The lowest BCUT2D eigenvalue weighted by molar-refractivity contribution is -0.132. The molecule has 4 saturated carbocycles. The fourth-order valence-electron chi connectivity index (χ4n) is 8.74. The number of rotatable bonds is 5. The maximum atomic E-state index is 13.3. The van der Waals surface area contributed by atoms with Gasteiger partial charge < -0.3 is 10.5 Å². The first-order valence-electron chi connectivity index (χ1n) is 13.4. The normalized spacial score (nSPS) is 44.8. The van der Waals surface area contributed by atoms with E-state index in [1.165, 1.54) is 37.8 Å². The van der Waals surface area contributed by atoms with Gasteiger partial charge in [-0.1, -0.05) is 13.8 Å². The molecule has 0 aromatic heterocycles. The quantitative estimate of drug-likeness (QED) is 0.375. The van der Waals surface area contributed by atoms with E-state index < -0.39 is 11.4 Å². The number of halogens is 1. The number of fused-ring (bicyclic) bond motifs is 5. The first-order valence-corrected chi connectivity index (χ1v) is 13.4. The molecule has 0 bridgehead atoms. The maximum Gasteiger partial charge on any atom is 0.157 e. The molecular formula is C28H40FN3O2. The standard InChI is InChI=1S/C28H40FN3O2/c1-3-28(34)13-11-19-17(15-28)4-6-21-20(19)10-12-27(2)22(21)7-8-23(27)26(33)16-31-32-25-9-5-18(29)14-24(25)30/h5,9,14,17,19-23,30-31,34H,3-4,6-8,10-13,15-16H2,1-2H3/b30-24?,32-25-/t17-,19+,20-,21-,22+,23-,27+,28-/m1/s1. The highest BCUT2D eigenvalue weighted by Crippen LogP contribution is 2.64. The summed E-state index contributed by atoms with van der Waals surface area (Å²) in [7, 11) is 0. The molecule has 34 heavy (non-hydrogen) atoms. The van der Waals surface area contributed by atoms with Crippen molar-refractivity contribution in [2.45, 2.75) is 83.7 Å². The first-order chi connectivity index (χ1) is 16.2. The van der Waals surface area contributed by atoms with Crippen LogP contribution in [0.1, 0.15) is 78.1 Å². The monoisotopic (exact) mass is 469 g/mol. The van der Waals surface area contributed by atoms with Crippen molar-refractivity contribution < 1.29 is 14.3 Å². The second kappa shape index (κ2) is 9.00. The summed E-state index contributed by atoms with van der Waals surface area (Å²) in [5.74, 6) is 3.41. The van der Waals surface area contributed by atoms with Crippen LogP contribution in [0.4, 0.5) is 4.39 Å². The molecule has 8 atom stereocenters. The fraction of sp³-hybridized carbons (Fsp3) is 0.750. The van der Waals surface area contributed by atoms with Crippen molar-refractivity contribution in [1.82, 2.24) is 5.43 Å². The largest absolute Gasteiger partial charge is 0.390 e. The second-order valence-corrected chi connectivity index (χ2v) is 12.0. The van der Waals surface area contributed by atoms with Crippen molar-refractivity contribution in [3.05, 3.63) is 24.1 Å². The van der Waals surface area contributed by atoms with Crippen molar-refractivity contribution in [3.63, 3.8) is 0 Å². The van der Waals surface area contributed by atoms with Crippen molar-refractivity contribution in [3.8, 4) is 0 Å². The Kier molecular flexibility index (Phi) is 6.33. The van der Waals surface area contributed by atoms with Gasteiger partial charge in [0.15, 0.2) is 5.78 Å². The molecule has 0 radical (unpaired) electrons. The highest BCUT2D eigenvalue weighted by molar-refractivity contribution is 6.50. The molecule has 0 spiro atoms. The number of Topliss-reactive ketones (excluding diaryl/α,β-unsaturated/α-hetero) is 1. The summed E-state index contributed by atoms with van der Waals surface area (Å²) in [6.07, 6.45) is 14.9. The molecule has 0 aromatic carbocycles. The average molecular weight is 470 g/mol. The van der Waals surface area contributed by atoms with Gasteiger partial charge in [0, 0.05) is 12.0 Å². The lowest BCUT2D eigenvalue weighted by atomic mass is 9.48. The third-order valence-corrected chi connectivity index (χ3v) is 10.6. The van der Waals surface area contributed by atoms with Gasteiger partial charge in [0.05, 0.1) is 17.9 Å². The summed E-state index contributed by atoms with van der Waals surface area (Å²) in [6, 6.07) is 0. The van der Waals surface area contributed by atoms with Crippen LogP contribution in [0.5, 0.6) is 0 Å². The number of aliphatic hydroxyl groups is 1. The van der Waals surface area contributed by atoms with Crippen LogP contribution in [0.2, 0.25) is 0 Å². The van der Waals surface area contributed by atoms with Gasteiger partial charge in [-0.15, -0.1) is 0 Å². The second-order valence-electron chi connectivity index (χ2n) is 12.0. The minimum atomic E-state index is -0.455. The zero-order chi connectivity index (χ0) is 24.1. The third-order valence-electron chi connectivity index (χ3n) is 10.6. The van der Waals surface area contributed by atoms with E-state index in [2.05, 4.69) is 24.4 Å². The molecule has 3 N–H and O–H groups in total. The summed E-state index contributed by atoms with van der Waals surface area (Å²) < 4.78 is 13.2. The van der Waals surface area contributed by atoms with Crippen molar-refractivity contribution in [2.24, 2.45) is 46.0 Å². The van der Waals surface area contributed by atoms with E-state index in [9.17, 15) is 14.3 Å². The van der Waals surface area contributed by atoms with Crippen molar-refractivity contribution in [2.75, 3.05) is 6.54 Å². The predicted octanol–water partition coefficient (Wildman–Crippen LogP) is 5.35. The zero-order valence-corrected chi connectivity index (χ0v) is 20.7. The Balaban J connectivity index is 1.22. The Bertz CT molecular complexity index is 942. The number of carbonyl (C=O) groups excluding carboxylic acids is 1. The zero-order valence-electron chi connectivity index (χ0n) is 20.7. The van der Waals surface area contributed by atoms with Crippen LogP contribution in [0.15, 0.2) is 29.2 Å². The van der Waals surface area contributed by atoms with E-state index in [1.54, 1.807) is 0 Å². The lowest BCUT2D eigenvalue weighted by Gasteiger charge is -2.57. The van der Waals surface area contributed by atoms with Crippen LogP contribution in [0, 0.1) is 46.3 Å². The Morgan fingerprint density at radius 2 is 1.94 bits per heavy atom. The highest BCUT2D eigenvalue weighted by Gasteiger charge is 2.58. The molecule has 6 heteroatoms. The molecule has 5 aliphatic rings. The highest BCUT2D eigenvalue weighted by atomic mass is 19.1. The number of hydrogen-bond acceptors (Lipinski definition) is 5. The van der Waals surface area contributed by atoms with Gasteiger partial charge in [-0.25, -0.2) is 4.39 Å². The number of nitrogens with zero attached hydrogens (tertiary/aromatic N) is 1. The van der Waals surface area contributed by atoms with Gasteiger partial charge in [-0.05, 0) is 111 Å². The van der Waals surface area contributed by atoms with E-state index in [-0.39, 0.29) is 29.4 Å². The van der Waals surface area contributed by atoms with Crippen LogP contribution < -0.4 is 5.43 Å². The summed E-state index contributed by atoms with van der Waals surface area (Å²) in [5, 5.41) is 22.9. The van der Waals surface area contributed by atoms with Crippen LogP contribution in [0.3, 0.4) is 0 Å². The van der Waals surface area contributed by atoms with Crippen molar-refractivity contribution in [1.29, 1.82) is 5.41 Å². The molecule has 0 heterocycles. The van der Waals surface area contributed by atoms with Gasteiger partial charge in [0.25, 0.3) is 0 Å². The topological polar surface area (TPSA) is 85.5 Å². The summed E-state index contributed by atoms with van der Waals surface area (Å²) in [4.78, 5) is 13.3. The first kappa shape index (κ1) is 23.9. The molecule has 0 unspecified atom stereocenters. The Morgan fingerprint density at radius 1 is 1.15 bits per heavy atom. The summed E-state index contributed by atoms with van der Waals surface area (Å²) in [6.45, 7) is 4.66. The molecular weight excluding hydrogens is 429 g/mol. The van der Waals surface area contributed by atoms with Gasteiger partial charge >= 0.3 is 0 Å². The molecule has 4 fully saturated rings. The number of hydrazone groups is 1. The number of carbonyl (C=O) groups is 1. The Morgan fingerprint density at radius 3 is 2.71 bits per heavy atom. The molecule has 0 aliphatic heterocycles. The van der Waals surface area contributed by atoms with Crippen LogP contribution in [0.25, 0.3) is 0 Å². The Labute approximate surface area is 202 Å². The van der Waals surface area contributed by atoms with E-state index in [0.717, 1.165) is 62.4 Å². The van der Waals surface area contributed by atoms with E-state index in [0.29, 0.717) is 17.5 Å². The molecule has 5 aliphatic carbocycles. The van der Waals surface area contributed by atoms with Gasteiger partial charge in [0.2, 0.25) is 0 Å². The summed E-state index contributed by atoms with van der Waals surface area (Å²) in [5.41, 5.74) is 2.87. The molecule has 186 valence electrons. The smallest absolute Gasteiger partial charge is 0.157 e. The van der Waals surface area contributed by atoms with Crippen LogP contribution in [-0.2, 0) is 4.79 Å².